The lowest BCUT2D eigenvalue weighted by Crippen LogP contribution is -2.26. The van der Waals surface area contributed by atoms with E-state index in [1.165, 1.54) is 0 Å². The van der Waals surface area contributed by atoms with Gasteiger partial charge in [0.05, 0.1) is 19.6 Å². The van der Waals surface area contributed by atoms with Gasteiger partial charge in [0.1, 0.15) is 0 Å². The first-order valence-corrected chi connectivity index (χ1v) is 5.14. The fourth-order valence-electron chi connectivity index (χ4n) is 0.700. The van der Waals surface area contributed by atoms with Crippen LogP contribution >= 0.6 is 0 Å². The molecule has 0 saturated carbocycles. The molecule has 0 radical (unpaired) electrons. The molecule has 16 heavy (non-hydrogen) atoms. The minimum absolute atomic E-state index is 0.179. The molecule has 0 aliphatic heterocycles. The lowest BCUT2D eigenvalue weighted by atomic mass is 10.2. The maximum atomic E-state index is 10.8. The topological polar surface area (TPSA) is 93.1 Å². The van der Waals surface area contributed by atoms with Crippen LogP contribution in [0.4, 0.5) is 0 Å². The number of esters is 2. The number of carbonyl (C=O) groups excluding carboxylic acids is 2. The first-order valence-electron chi connectivity index (χ1n) is 5.14. The van der Waals surface area contributed by atoms with E-state index in [4.69, 9.17) is 10.2 Å². The molecule has 0 aromatic rings. The van der Waals surface area contributed by atoms with Gasteiger partial charge in [0, 0.05) is 6.61 Å². The number of aliphatic hydroxyl groups is 2. The van der Waals surface area contributed by atoms with Gasteiger partial charge in [-0.2, -0.15) is 0 Å². The zero-order valence-electron chi connectivity index (χ0n) is 9.93. The predicted molar refractivity (Wildman–Crippen MR) is 56.6 cm³/mol. The summed E-state index contributed by atoms with van der Waals surface area (Å²) < 4.78 is 9.02. The third-order valence-electron chi connectivity index (χ3n) is 1.22. The standard InChI is InChI=1S/C8H14O5.C2H6O/c1-3-12-7(10)5-6(9)8(11)13-4-2;1-2-3/h6,9H,3-5H2,1-2H3;3H,2H2,1H3. The molecule has 0 bridgehead atoms. The normalized spacial score (nSPS) is 10.8. The number of ether oxygens (including phenoxy) is 2. The molecule has 0 spiro atoms. The summed E-state index contributed by atoms with van der Waals surface area (Å²) in [4.78, 5) is 21.6. The molecular weight excluding hydrogens is 216 g/mol. The van der Waals surface area contributed by atoms with E-state index in [-0.39, 0.29) is 26.2 Å². The zero-order chi connectivity index (χ0) is 13.0. The quantitative estimate of drug-likeness (QED) is 0.645. The Morgan fingerprint density at radius 1 is 1.12 bits per heavy atom. The lowest BCUT2D eigenvalue weighted by molar-refractivity contribution is -0.159. The minimum Gasteiger partial charge on any atom is -0.466 e. The Morgan fingerprint density at radius 2 is 1.56 bits per heavy atom. The minimum atomic E-state index is -1.42. The van der Waals surface area contributed by atoms with Gasteiger partial charge < -0.3 is 19.7 Å². The molecule has 1 atom stereocenters. The monoisotopic (exact) mass is 236 g/mol. The molecule has 0 saturated heterocycles. The largest absolute Gasteiger partial charge is 0.466 e. The average molecular weight is 236 g/mol. The number of hydrogen-bond acceptors (Lipinski definition) is 6. The fraction of sp³-hybridized carbons (Fsp3) is 0.800. The van der Waals surface area contributed by atoms with E-state index in [2.05, 4.69) is 9.47 Å². The Kier molecular flexibility index (Phi) is 12.9. The maximum absolute atomic E-state index is 10.8. The first-order chi connectivity index (χ1) is 7.53. The van der Waals surface area contributed by atoms with E-state index >= 15 is 0 Å². The summed E-state index contributed by atoms with van der Waals surface area (Å²) in [5, 5.41) is 16.6. The highest BCUT2D eigenvalue weighted by Gasteiger charge is 2.20. The predicted octanol–water partition coefficient (Wildman–Crippen LogP) is -0.138. The molecule has 96 valence electrons. The van der Waals surface area contributed by atoms with Gasteiger partial charge in [0.25, 0.3) is 0 Å². The second kappa shape index (κ2) is 11.9. The molecule has 2 N–H and O–H groups in total. The molecule has 1 unspecified atom stereocenters. The second-order valence-electron chi connectivity index (χ2n) is 2.59. The molecular formula is C10H20O6. The van der Waals surface area contributed by atoms with Gasteiger partial charge in [-0.1, -0.05) is 0 Å². The molecule has 0 aliphatic carbocycles. The van der Waals surface area contributed by atoms with Crippen LogP contribution in [0.1, 0.15) is 27.2 Å². The zero-order valence-corrected chi connectivity index (χ0v) is 9.93. The summed E-state index contributed by atoms with van der Waals surface area (Å²) in [6, 6.07) is 0. The van der Waals surface area contributed by atoms with Crippen molar-refractivity contribution in [2.24, 2.45) is 0 Å². The molecule has 0 aromatic carbocycles. The van der Waals surface area contributed by atoms with E-state index in [0.29, 0.717) is 0 Å². The van der Waals surface area contributed by atoms with E-state index in [9.17, 15) is 9.59 Å². The number of carbonyl (C=O) groups is 2. The summed E-state index contributed by atoms with van der Waals surface area (Å²) in [7, 11) is 0. The average Bonchev–Trinajstić information content (AvgIpc) is 2.19. The van der Waals surface area contributed by atoms with Gasteiger partial charge in [0.15, 0.2) is 6.10 Å². The van der Waals surface area contributed by atoms with Crippen molar-refractivity contribution in [3.05, 3.63) is 0 Å². The van der Waals surface area contributed by atoms with E-state index in [1.807, 2.05) is 0 Å². The van der Waals surface area contributed by atoms with Gasteiger partial charge in [0.2, 0.25) is 0 Å². The Hall–Kier alpha value is -1.14. The van der Waals surface area contributed by atoms with Crippen LogP contribution in [0.2, 0.25) is 0 Å². The van der Waals surface area contributed by atoms with Crippen molar-refractivity contribution in [1.29, 1.82) is 0 Å². The number of aliphatic hydroxyl groups excluding tert-OH is 2. The molecule has 6 nitrogen and oxygen atoms in total. The van der Waals surface area contributed by atoms with Crippen LogP contribution in [0.25, 0.3) is 0 Å². The van der Waals surface area contributed by atoms with Crippen molar-refractivity contribution in [1.82, 2.24) is 0 Å². The Balaban J connectivity index is 0. The van der Waals surface area contributed by atoms with Crippen LogP contribution in [0.5, 0.6) is 0 Å². The Labute approximate surface area is 95.2 Å². The number of rotatable bonds is 5. The van der Waals surface area contributed by atoms with Crippen LogP contribution < -0.4 is 0 Å². The Morgan fingerprint density at radius 3 is 1.94 bits per heavy atom. The van der Waals surface area contributed by atoms with Crippen molar-refractivity contribution in [2.75, 3.05) is 19.8 Å². The first kappa shape index (κ1) is 17.3. The van der Waals surface area contributed by atoms with Crippen molar-refractivity contribution in [3.63, 3.8) is 0 Å². The molecule has 0 fully saturated rings. The maximum Gasteiger partial charge on any atom is 0.335 e. The number of hydrogen-bond donors (Lipinski definition) is 2. The van der Waals surface area contributed by atoms with Gasteiger partial charge in [-0.05, 0) is 20.8 Å². The van der Waals surface area contributed by atoms with Gasteiger partial charge in [-0.3, -0.25) is 4.79 Å². The van der Waals surface area contributed by atoms with Crippen molar-refractivity contribution >= 4 is 11.9 Å². The van der Waals surface area contributed by atoms with Gasteiger partial charge in [-0.25, -0.2) is 4.79 Å². The molecule has 0 aromatic heterocycles. The van der Waals surface area contributed by atoms with Gasteiger partial charge in [-0.15, -0.1) is 0 Å². The van der Waals surface area contributed by atoms with Crippen LogP contribution in [-0.2, 0) is 19.1 Å². The summed E-state index contributed by atoms with van der Waals surface area (Å²) in [6.07, 6.45) is -1.77. The van der Waals surface area contributed by atoms with E-state index < -0.39 is 18.0 Å². The summed E-state index contributed by atoms with van der Waals surface area (Å²) in [5.41, 5.74) is 0. The summed E-state index contributed by atoms with van der Waals surface area (Å²) >= 11 is 0. The van der Waals surface area contributed by atoms with Crippen molar-refractivity contribution < 1.29 is 29.3 Å². The molecule has 6 heteroatoms. The third-order valence-corrected chi connectivity index (χ3v) is 1.22. The highest BCUT2D eigenvalue weighted by atomic mass is 16.6. The summed E-state index contributed by atoms with van der Waals surface area (Å²) in [6.45, 7) is 5.61. The van der Waals surface area contributed by atoms with Crippen molar-refractivity contribution in [3.8, 4) is 0 Å². The summed E-state index contributed by atoms with van der Waals surface area (Å²) in [5.74, 6) is -1.40. The van der Waals surface area contributed by atoms with Crippen LogP contribution in [0, 0.1) is 0 Å². The van der Waals surface area contributed by atoms with Gasteiger partial charge >= 0.3 is 11.9 Å². The highest BCUT2D eigenvalue weighted by Crippen LogP contribution is 1.97. The molecule has 0 amide bonds. The van der Waals surface area contributed by atoms with Crippen molar-refractivity contribution in [2.45, 2.75) is 33.3 Å². The second-order valence-corrected chi connectivity index (χ2v) is 2.59. The van der Waals surface area contributed by atoms with Crippen LogP contribution in [-0.4, -0.2) is 48.1 Å². The SMILES string of the molecule is CCO.CCOC(=O)CC(O)C(=O)OCC. The fourth-order valence-corrected chi connectivity index (χ4v) is 0.700. The lowest BCUT2D eigenvalue weighted by Gasteiger charge is -2.08. The highest BCUT2D eigenvalue weighted by molar-refractivity contribution is 5.81. The van der Waals surface area contributed by atoms with E-state index in [1.54, 1.807) is 20.8 Å². The molecule has 0 heterocycles. The van der Waals surface area contributed by atoms with Crippen LogP contribution in [0.15, 0.2) is 0 Å². The Bertz CT molecular complexity index is 192. The van der Waals surface area contributed by atoms with Crippen LogP contribution in [0.3, 0.4) is 0 Å². The third kappa shape index (κ3) is 10.9. The van der Waals surface area contributed by atoms with E-state index in [0.717, 1.165) is 0 Å². The molecule has 0 rings (SSSR count). The molecule has 0 aliphatic rings. The smallest absolute Gasteiger partial charge is 0.335 e.